The van der Waals surface area contributed by atoms with Gasteiger partial charge >= 0.3 is 5.97 Å². The number of aromatic nitrogens is 1. The van der Waals surface area contributed by atoms with Gasteiger partial charge in [-0.05, 0) is 87.4 Å². The standard InChI is InChI=1S/C25H24BrClN2O4/c1-15(23(31)28-19-8-5-16(6-9-19)24(32)33-25(2,3)4)29-12-11-17(13-22(29)30)20-14-18(27)7-10-21(20)26/h5-15H,1-4H3,(H,28,31)/t15-/m1/s1. The first-order valence-electron chi connectivity index (χ1n) is 10.3. The van der Waals surface area contributed by atoms with Crippen LogP contribution < -0.4 is 10.9 Å². The highest BCUT2D eigenvalue weighted by Gasteiger charge is 2.19. The Bertz CT molecular complexity index is 1250. The lowest BCUT2D eigenvalue weighted by atomic mass is 10.1. The number of anilines is 1. The Kier molecular flexibility index (Phi) is 7.44. The Hall–Kier alpha value is -2.90. The van der Waals surface area contributed by atoms with Crippen LogP contribution in [-0.2, 0) is 9.53 Å². The molecule has 1 aromatic heterocycles. The Morgan fingerprint density at radius 3 is 2.33 bits per heavy atom. The number of hydrogen-bond donors (Lipinski definition) is 1. The molecule has 3 aromatic rings. The first kappa shape index (κ1) is 24.7. The SMILES string of the molecule is C[C@H](C(=O)Nc1ccc(C(=O)OC(C)(C)C)cc1)n1ccc(-c2cc(Cl)ccc2Br)cc1=O. The molecule has 0 radical (unpaired) electrons. The van der Waals surface area contributed by atoms with Crippen LogP contribution >= 0.6 is 27.5 Å². The zero-order valence-corrected chi connectivity index (χ0v) is 21.0. The van der Waals surface area contributed by atoms with Crippen molar-refractivity contribution in [3.63, 3.8) is 0 Å². The third-order valence-corrected chi connectivity index (χ3v) is 5.70. The normalized spacial score (nSPS) is 12.2. The summed E-state index contributed by atoms with van der Waals surface area (Å²) in [5.74, 6) is -0.800. The molecule has 0 saturated heterocycles. The summed E-state index contributed by atoms with van der Waals surface area (Å²) < 4.78 is 7.50. The van der Waals surface area contributed by atoms with Crippen LogP contribution in [0.25, 0.3) is 11.1 Å². The molecule has 0 fully saturated rings. The number of ether oxygens (including phenoxy) is 1. The lowest BCUT2D eigenvalue weighted by Crippen LogP contribution is -2.31. The third kappa shape index (κ3) is 6.33. The van der Waals surface area contributed by atoms with Crippen LogP contribution in [0, 0.1) is 0 Å². The van der Waals surface area contributed by atoms with Gasteiger partial charge in [0.25, 0.3) is 5.56 Å². The summed E-state index contributed by atoms with van der Waals surface area (Å²) in [5, 5.41) is 3.33. The van der Waals surface area contributed by atoms with Crippen LogP contribution in [0.15, 0.2) is 70.1 Å². The molecule has 0 unspecified atom stereocenters. The Morgan fingerprint density at radius 2 is 1.73 bits per heavy atom. The smallest absolute Gasteiger partial charge is 0.338 e. The fourth-order valence-corrected chi connectivity index (χ4v) is 3.74. The Morgan fingerprint density at radius 1 is 1.06 bits per heavy atom. The molecule has 6 nitrogen and oxygen atoms in total. The number of esters is 1. The summed E-state index contributed by atoms with van der Waals surface area (Å²) in [5.41, 5.74) is 1.46. The van der Waals surface area contributed by atoms with Gasteiger partial charge in [0.15, 0.2) is 0 Å². The molecule has 1 amide bonds. The van der Waals surface area contributed by atoms with Crippen molar-refractivity contribution in [3.05, 3.63) is 86.2 Å². The summed E-state index contributed by atoms with van der Waals surface area (Å²) in [4.78, 5) is 37.6. The number of rotatable bonds is 5. The van der Waals surface area contributed by atoms with Crippen molar-refractivity contribution in [2.24, 2.45) is 0 Å². The summed E-state index contributed by atoms with van der Waals surface area (Å²) >= 11 is 9.55. The van der Waals surface area contributed by atoms with Crippen molar-refractivity contribution in [1.82, 2.24) is 4.57 Å². The van der Waals surface area contributed by atoms with E-state index in [0.29, 0.717) is 21.8 Å². The summed E-state index contributed by atoms with van der Waals surface area (Å²) in [6, 6.07) is 14.2. The predicted molar refractivity (Wildman–Crippen MR) is 134 cm³/mol. The molecule has 0 aliphatic heterocycles. The van der Waals surface area contributed by atoms with E-state index in [4.69, 9.17) is 16.3 Å². The average molecular weight is 532 g/mol. The largest absolute Gasteiger partial charge is 0.456 e. The van der Waals surface area contributed by atoms with E-state index < -0.39 is 17.6 Å². The molecule has 2 aromatic carbocycles. The zero-order chi connectivity index (χ0) is 24.3. The van der Waals surface area contributed by atoms with Gasteiger partial charge in [-0.2, -0.15) is 0 Å². The second-order valence-corrected chi connectivity index (χ2v) is 9.82. The second-order valence-electron chi connectivity index (χ2n) is 8.53. The van der Waals surface area contributed by atoms with Gasteiger partial charge in [0.1, 0.15) is 11.6 Å². The van der Waals surface area contributed by atoms with E-state index >= 15 is 0 Å². The molecule has 8 heteroatoms. The molecule has 0 spiro atoms. The number of nitrogens with zero attached hydrogens (tertiary/aromatic N) is 1. The van der Waals surface area contributed by atoms with Gasteiger partial charge in [-0.3, -0.25) is 9.59 Å². The Balaban J connectivity index is 1.73. The minimum absolute atomic E-state index is 0.317. The molecule has 1 heterocycles. The molecular formula is C25H24BrClN2O4. The van der Waals surface area contributed by atoms with Crippen molar-refractivity contribution < 1.29 is 14.3 Å². The number of halogens is 2. The van der Waals surface area contributed by atoms with E-state index in [-0.39, 0.29) is 11.5 Å². The number of carbonyl (C=O) groups excluding carboxylic acids is 2. The Labute approximate surface area is 205 Å². The van der Waals surface area contributed by atoms with Gasteiger partial charge in [-0.15, -0.1) is 0 Å². The summed E-state index contributed by atoms with van der Waals surface area (Å²) in [6.07, 6.45) is 1.58. The van der Waals surface area contributed by atoms with E-state index in [1.807, 2.05) is 6.07 Å². The number of pyridine rings is 1. The quantitative estimate of drug-likeness (QED) is 0.404. The first-order chi connectivity index (χ1) is 15.4. The van der Waals surface area contributed by atoms with Gasteiger partial charge in [0.05, 0.1) is 5.56 Å². The second kappa shape index (κ2) is 9.93. The van der Waals surface area contributed by atoms with E-state index in [1.54, 1.807) is 76.4 Å². The van der Waals surface area contributed by atoms with Crippen LogP contribution in [0.3, 0.4) is 0 Å². The van der Waals surface area contributed by atoms with Crippen LogP contribution in [0.1, 0.15) is 44.1 Å². The fraction of sp³-hybridized carbons (Fsp3) is 0.240. The molecule has 1 atom stereocenters. The van der Waals surface area contributed by atoms with Crippen molar-refractivity contribution in [3.8, 4) is 11.1 Å². The summed E-state index contributed by atoms with van der Waals surface area (Å²) in [6.45, 7) is 7.02. The van der Waals surface area contributed by atoms with Crippen LogP contribution in [0.4, 0.5) is 5.69 Å². The highest BCUT2D eigenvalue weighted by molar-refractivity contribution is 9.10. The minimum atomic E-state index is -0.750. The number of nitrogens with one attached hydrogen (secondary N) is 1. The van der Waals surface area contributed by atoms with Gasteiger partial charge in [-0.25, -0.2) is 4.79 Å². The third-order valence-electron chi connectivity index (χ3n) is 4.77. The number of carbonyl (C=O) groups is 2. The molecule has 1 N–H and O–H groups in total. The van der Waals surface area contributed by atoms with Crippen molar-refractivity contribution >= 4 is 45.1 Å². The molecule has 0 aliphatic rings. The minimum Gasteiger partial charge on any atom is -0.456 e. The molecule has 0 bridgehead atoms. The fourth-order valence-electron chi connectivity index (χ4n) is 3.10. The molecular weight excluding hydrogens is 508 g/mol. The average Bonchev–Trinajstić information content (AvgIpc) is 2.74. The van der Waals surface area contributed by atoms with E-state index in [2.05, 4.69) is 21.2 Å². The van der Waals surface area contributed by atoms with E-state index in [0.717, 1.165) is 10.0 Å². The van der Waals surface area contributed by atoms with Crippen LogP contribution in [-0.4, -0.2) is 22.0 Å². The monoisotopic (exact) mass is 530 g/mol. The maximum absolute atomic E-state index is 12.7. The topological polar surface area (TPSA) is 77.4 Å². The lowest BCUT2D eigenvalue weighted by Gasteiger charge is -2.19. The predicted octanol–water partition coefficient (Wildman–Crippen LogP) is 6.09. The van der Waals surface area contributed by atoms with Crippen LogP contribution in [0.2, 0.25) is 5.02 Å². The van der Waals surface area contributed by atoms with Crippen molar-refractivity contribution in [2.45, 2.75) is 39.3 Å². The highest BCUT2D eigenvalue weighted by atomic mass is 79.9. The number of benzene rings is 2. The zero-order valence-electron chi connectivity index (χ0n) is 18.7. The summed E-state index contributed by atoms with van der Waals surface area (Å²) in [7, 11) is 0. The molecule has 3 rings (SSSR count). The van der Waals surface area contributed by atoms with Crippen LogP contribution in [0.5, 0.6) is 0 Å². The highest BCUT2D eigenvalue weighted by Crippen LogP contribution is 2.30. The first-order valence-corrected chi connectivity index (χ1v) is 11.4. The number of hydrogen-bond acceptors (Lipinski definition) is 4. The van der Waals surface area contributed by atoms with E-state index in [9.17, 15) is 14.4 Å². The number of amides is 1. The maximum atomic E-state index is 12.7. The van der Waals surface area contributed by atoms with Gasteiger partial charge in [0, 0.05) is 27.4 Å². The van der Waals surface area contributed by atoms with Gasteiger partial charge in [-0.1, -0.05) is 27.5 Å². The molecule has 33 heavy (non-hydrogen) atoms. The van der Waals surface area contributed by atoms with Crippen molar-refractivity contribution in [2.75, 3.05) is 5.32 Å². The van der Waals surface area contributed by atoms with E-state index in [1.165, 1.54) is 10.6 Å². The van der Waals surface area contributed by atoms with Gasteiger partial charge < -0.3 is 14.6 Å². The molecule has 0 aliphatic carbocycles. The molecule has 172 valence electrons. The maximum Gasteiger partial charge on any atom is 0.338 e. The van der Waals surface area contributed by atoms with Crippen molar-refractivity contribution in [1.29, 1.82) is 0 Å². The molecule has 0 saturated carbocycles. The lowest BCUT2D eigenvalue weighted by molar-refractivity contribution is -0.118. The van der Waals surface area contributed by atoms with Gasteiger partial charge in [0.2, 0.25) is 5.91 Å².